The Morgan fingerprint density at radius 3 is 2.76 bits per heavy atom. The highest BCUT2D eigenvalue weighted by Crippen LogP contribution is 2.22. The number of carbonyl (C=O) groups is 1. The molecule has 4 nitrogen and oxygen atoms in total. The number of aromatic hydroxyl groups is 1. The van der Waals surface area contributed by atoms with E-state index in [0.717, 1.165) is 37.8 Å². The molecule has 1 unspecified atom stereocenters. The molecule has 0 spiro atoms. The van der Waals surface area contributed by atoms with Gasteiger partial charge in [0.2, 0.25) is 5.91 Å². The van der Waals surface area contributed by atoms with Gasteiger partial charge < -0.3 is 15.7 Å². The quantitative estimate of drug-likeness (QED) is 0.875. The van der Waals surface area contributed by atoms with Crippen molar-refractivity contribution in [1.29, 1.82) is 0 Å². The van der Waals surface area contributed by atoms with Gasteiger partial charge in [0.25, 0.3) is 0 Å². The minimum Gasteiger partial charge on any atom is -0.508 e. The van der Waals surface area contributed by atoms with E-state index in [1.807, 2.05) is 17.0 Å². The van der Waals surface area contributed by atoms with Gasteiger partial charge in [-0.3, -0.25) is 4.79 Å². The SMILES string of the molecule is CCCC1CCCCN1C(=O)[C@@H](N)Cc1ccc(O)cc1. The fraction of sp³-hybridized carbons (Fsp3) is 0.588. The molecule has 4 heteroatoms. The largest absolute Gasteiger partial charge is 0.508 e. The van der Waals surface area contributed by atoms with Gasteiger partial charge in [-0.05, 0) is 49.8 Å². The lowest BCUT2D eigenvalue weighted by Gasteiger charge is -2.37. The molecule has 1 fully saturated rings. The lowest BCUT2D eigenvalue weighted by Crippen LogP contribution is -2.51. The number of hydrogen-bond acceptors (Lipinski definition) is 3. The number of carbonyl (C=O) groups excluding carboxylic acids is 1. The summed E-state index contributed by atoms with van der Waals surface area (Å²) in [5, 5.41) is 9.29. The van der Waals surface area contributed by atoms with E-state index in [0.29, 0.717) is 12.5 Å². The van der Waals surface area contributed by atoms with E-state index in [4.69, 9.17) is 5.73 Å². The molecule has 21 heavy (non-hydrogen) atoms. The Kier molecular flexibility index (Phi) is 5.62. The Labute approximate surface area is 126 Å². The topological polar surface area (TPSA) is 66.6 Å². The molecule has 0 radical (unpaired) electrons. The lowest BCUT2D eigenvalue weighted by molar-refractivity contribution is -0.136. The standard InChI is InChI=1S/C17H26N2O2/c1-2-5-14-6-3-4-11-19(14)17(21)16(18)12-13-7-9-15(20)10-8-13/h7-10,14,16,20H,2-6,11-12,18H2,1H3/t14?,16-/m0/s1. The second kappa shape index (κ2) is 7.46. The molecule has 116 valence electrons. The summed E-state index contributed by atoms with van der Waals surface area (Å²) in [7, 11) is 0. The number of likely N-dealkylation sites (tertiary alicyclic amines) is 1. The fourth-order valence-corrected chi connectivity index (χ4v) is 3.11. The third-order valence-electron chi connectivity index (χ3n) is 4.24. The molecular weight excluding hydrogens is 264 g/mol. The zero-order valence-corrected chi connectivity index (χ0v) is 12.8. The molecule has 0 aromatic heterocycles. The molecule has 3 N–H and O–H groups in total. The van der Waals surface area contributed by atoms with Crippen LogP contribution in [0.3, 0.4) is 0 Å². The molecule has 1 amide bonds. The molecule has 1 aliphatic heterocycles. The average molecular weight is 290 g/mol. The van der Waals surface area contributed by atoms with E-state index < -0.39 is 6.04 Å². The molecule has 1 aliphatic rings. The van der Waals surface area contributed by atoms with E-state index in [1.165, 1.54) is 6.42 Å². The zero-order chi connectivity index (χ0) is 15.2. The maximum Gasteiger partial charge on any atom is 0.240 e. The summed E-state index contributed by atoms with van der Waals surface area (Å²) >= 11 is 0. The van der Waals surface area contributed by atoms with Crippen molar-refractivity contribution < 1.29 is 9.90 Å². The summed E-state index contributed by atoms with van der Waals surface area (Å²) in [6.07, 6.45) is 6.08. The van der Waals surface area contributed by atoms with Gasteiger partial charge in [0.1, 0.15) is 5.75 Å². The van der Waals surface area contributed by atoms with Crippen molar-refractivity contribution in [2.45, 2.75) is 57.5 Å². The first kappa shape index (κ1) is 15.8. The van der Waals surface area contributed by atoms with E-state index in [1.54, 1.807) is 12.1 Å². The molecule has 0 saturated carbocycles. The second-order valence-corrected chi connectivity index (χ2v) is 5.95. The summed E-state index contributed by atoms with van der Waals surface area (Å²) in [4.78, 5) is 14.6. The zero-order valence-electron chi connectivity index (χ0n) is 12.8. The molecule has 2 rings (SSSR count). The third kappa shape index (κ3) is 4.21. The average Bonchev–Trinajstić information content (AvgIpc) is 2.50. The van der Waals surface area contributed by atoms with Crippen molar-refractivity contribution in [2.24, 2.45) is 5.73 Å². The van der Waals surface area contributed by atoms with Crippen LogP contribution in [0.15, 0.2) is 24.3 Å². The van der Waals surface area contributed by atoms with Crippen molar-refractivity contribution in [2.75, 3.05) is 6.54 Å². The number of piperidine rings is 1. The Balaban J connectivity index is 1.98. The first-order chi connectivity index (χ1) is 10.1. The highest BCUT2D eigenvalue weighted by molar-refractivity contribution is 5.82. The normalized spacial score (nSPS) is 20.3. The van der Waals surface area contributed by atoms with E-state index in [-0.39, 0.29) is 11.7 Å². The predicted molar refractivity (Wildman–Crippen MR) is 84.0 cm³/mol. The Bertz CT molecular complexity index is 456. The molecular formula is C17H26N2O2. The van der Waals surface area contributed by atoms with Crippen LogP contribution >= 0.6 is 0 Å². The minimum absolute atomic E-state index is 0.0706. The van der Waals surface area contributed by atoms with Crippen LogP contribution in [0, 0.1) is 0 Å². The summed E-state index contributed by atoms with van der Waals surface area (Å²) in [6, 6.07) is 6.78. The van der Waals surface area contributed by atoms with E-state index in [9.17, 15) is 9.90 Å². The highest BCUT2D eigenvalue weighted by atomic mass is 16.3. The van der Waals surface area contributed by atoms with Crippen LogP contribution in [0.4, 0.5) is 0 Å². The second-order valence-electron chi connectivity index (χ2n) is 5.95. The van der Waals surface area contributed by atoms with E-state index >= 15 is 0 Å². The van der Waals surface area contributed by atoms with Gasteiger partial charge in [-0.2, -0.15) is 0 Å². The Morgan fingerprint density at radius 2 is 2.10 bits per heavy atom. The summed E-state index contributed by atoms with van der Waals surface area (Å²) < 4.78 is 0. The Hall–Kier alpha value is -1.55. The molecule has 2 atom stereocenters. The van der Waals surface area contributed by atoms with E-state index in [2.05, 4.69) is 6.92 Å². The number of phenols is 1. The van der Waals surface area contributed by atoms with Gasteiger partial charge in [0.05, 0.1) is 6.04 Å². The first-order valence-electron chi connectivity index (χ1n) is 7.95. The lowest BCUT2D eigenvalue weighted by atomic mass is 9.96. The number of hydrogen-bond donors (Lipinski definition) is 2. The number of nitrogens with two attached hydrogens (primary N) is 1. The molecule has 1 heterocycles. The predicted octanol–water partition coefficient (Wildman–Crippen LogP) is 2.44. The van der Waals surface area contributed by atoms with Crippen molar-refractivity contribution in [3.63, 3.8) is 0 Å². The number of nitrogens with zero attached hydrogens (tertiary/aromatic N) is 1. The smallest absolute Gasteiger partial charge is 0.240 e. The van der Waals surface area contributed by atoms with Crippen LogP contribution in [0.2, 0.25) is 0 Å². The van der Waals surface area contributed by atoms with Gasteiger partial charge in [0.15, 0.2) is 0 Å². The minimum atomic E-state index is -0.494. The summed E-state index contributed by atoms with van der Waals surface area (Å²) in [6.45, 7) is 3.00. The highest BCUT2D eigenvalue weighted by Gasteiger charge is 2.29. The molecule has 1 aromatic rings. The Morgan fingerprint density at radius 1 is 1.38 bits per heavy atom. The van der Waals surface area contributed by atoms with Crippen LogP contribution < -0.4 is 5.73 Å². The van der Waals surface area contributed by atoms with Gasteiger partial charge in [-0.15, -0.1) is 0 Å². The van der Waals surface area contributed by atoms with Crippen molar-refractivity contribution >= 4 is 5.91 Å². The number of amides is 1. The van der Waals surface area contributed by atoms with Crippen molar-refractivity contribution in [1.82, 2.24) is 4.90 Å². The molecule has 0 aliphatic carbocycles. The fourth-order valence-electron chi connectivity index (χ4n) is 3.11. The third-order valence-corrected chi connectivity index (χ3v) is 4.24. The molecule has 1 saturated heterocycles. The van der Waals surface area contributed by atoms with Crippen molar-refractivity contribution in [3.8, 4) is 5.75 Å². The number of benzene rings is 1. The maximum atomic E-state index is 12.6. The van der Waals surface area contributed by atoms with Crippen LogP contribution in [-0.2, 0) is 11.2 Å². The maximum absolute atomic E-state index is 12.6. The van der Waals surface area contributed by atoms with Crippen LogP contribution in [-0.4, -0.2) is 34.5 Å². The summed E-state index contributed by atoms with van der Waals surface area (Å²) in [5.41, 5.74) is 7.11. The van der Waals surface area contributed by atoms with Crippen LogP contribution in [0.1, 0.15) is 44.6 Å². The van der Waals surface area contributed by atoms with Gasteiger partial charge in [-0.25, -0.2) is 0 Å². The van der Waals surface area contributed by atoms with Crippen LogP contribution in [0.25, 0.3) is 0 Å². The monoisotopic (exact) mass is 290 g/mol. The summed E-state index contributed by atoms with van der Waals surface area (Å²) in [5.74, 6) is 0.305. The number of phenolic OH excluding ortho intramolecular Hbond substituents is 1. The van der Waals surface area contributed by atoms with Crippen molar-refractivity contribution in [3.05, 3.63) is 29.8 Å². The van der Waals surface area contributed by atoms with Crippen LogP contribution in [0.5, 0.6) is 5.75 Å². The molecule has 0 bridgehead atoms. The molecule has 1 aromatic carbocycles. The van der Waals surface area contributed by atoms with Gasteiger partial charge in [-0.1, -0.05) is 25.5 Å². The first-order valence-corrected chi connectivity index (χ1v) is 7.95. The number of rotatable bonds is 5. The van der Waals surface area contributed by atoms with Gasteiger partial charge >= 0.3 is 0 Å². The van der Waals surface area contributed by atoms with Gasteiger partial charge in [0, 0.05) is 12.6 Å².